The molecule has 0 saturated heterocycles. The average molecular weight is 581 g/mol. The Bertz CT molecular complexity index is 939. The van der Waals surface area contributed by atoms with Crippen LogP contribution < -0.4 is 0 Å². The first kappa shape index (κ1) is 25.0. The van der Waals surface area contributed by atoms with Crippen LogP contribution in [0.2, 0.25) is 0 Å². The molecule has 40 heavy (non-hydrogen) atoms. The van der Waals surface area contributed by atoms with Gasteiger partial charge in [-0.25, -0.2) is 4.79 Å². The molecule has 0 aliphatic heterocycles. The van der Waals surface area contributed by atoms with Crippen LogP contribution in [0, 0.1) is 0 Å². The Morgan fingerprint density at radius 3 is 1.18 bits per heavy atom. The third-order valence-electron chi connectivity index (χ3n) is 7.05. The van der Waals surface area contributed by atoms with Crippen LogP contribution in [-0.4, -0.2) is 22.2 Å². The van der Waals surface area contributed by atoms with Gasteiger partial charge in [-0.15, -0.1) is 0 Å². The van der Waals surface area contributed by atoms with Crippen LogP contribution in [0.4, 0.5) is 0 Å². The van der Waals surface area contributed by atoms with Gasteiger partial charge in [0.25, 0.3) is 0 Å². The van der Waals surface area contributed by atoms with Gasteiger partial charge < -0.3 is 10.2 Å². The smallest absolute Gasteiger partial charge is 0.327 e. The van der Waals surface area contributed by atoms with E-state index in [1.807, 2.05) is 6.08 Å². The van der Waals surface area contributed by atoms with E-state index >= 15 is 0 Å². The zero-order valence-corrected chi connectivity index (χ0v) is 25.3. The summed E-state index contributed by atoms with van der Waals surface area (Å²) in [6.45, 7) is 0. The van der Waals surface area contributed by atoms with Crippen molar-refractivity contribution in [2.24, 2.45) is 0 Å². The van der Waals surface area contributed by atoms with Gasteiger partial charge in [0.05, 0.1) is 0 Å². The highest BCUT2D eigenvalue weighted by molar-refractivity contribution is 5.79. The second-order valence-corrected chi connectivity index (χ2v) is 10.8. The van der Waals surface area contributed by atoms with Gasteiger partial charge in [-0.1, -0.05) is 159 Å². The zero-order chi connectivity index (χ0) is 37.2. The molecule has 4 heteroatoms. The van der Waals surface area contributed by atoms with Gasteiger partial charge in [-0.2, -0.15) is 0 Å². The predicted octanol–water partition coefficient (Wildman–Crippen LogP) is 12.0. The van der Waals surface area contributed by atoms with Gasteiger partial charge in [0.1, 0.15) is 0 Å². The molecular formula is C36H66O4. The number of carboxylic acid groups (broad SMARTS) is 2. The number of allylic oxidation sites excluding steroid dienone is 3. The van der Waals surface area contributed by atoms with E-state index in [0.29, 0.717) is 6.42 Å². The molecule has 0 aliphatic carbocycles. The lowest BCUT2D eigenvalue weighted by Crippen LogP contribution is -1.93. The van der Waals surface area contributed by atoms with Crippen LogP contribution in [-0.2, 0) is 9.59 Å². The molecule has 234 valence electrons. The molecule has 0 bridgehead atoms. The third-order valence-corrected chi connectivity index (χ3v) is 7.05. The largest absolute Gasteiger partial charge is 0.481 e. The van der Waals surface area contributed by atoms with Crippen molar-refractivity contribution in [1.29, 1.82) is 0 Å². The first-order valence-electron chi connectivity index (χ1n) is 20.8. The first-order valence-corrected chi connectivity index (χ1v) is 16.2. The number of hydrogen-bond acceptors (Lipinski definition) is 2. The first-order chi connectivity index (χ1) is 23.0. The molecule has 4 nitrogen and oxygen atoms in total. The van der Waals surface area contributed by atoms with Crippen LogP contribution in [0.15, 0.2) is 24.3 Å². The summed E-state index contributed by atoms with van der Waals surface area (Å²) in [6.07, 6.45) is 19.7. The maximum Gasteiger partial charge on any atom is 0.327 e. The molecule has 0 radical (unpaired) electrons. The van der Waals surface area contributed by atoms with Crippen molar-refractivity contribution in [2.45, 2.75) is 192 Å². The summed E-state index contributed by atoms with van der Waals surface area (Å²) in [5, 5.41) is 17.5. The Morgan fingerprint density at radius 1 is 0.450 bits per heavy atom. The molecule has 0 aliphatic rings. The molecule has 2 N–H and O–H groups in total. The van der Waals surface area contributed by atoms with E-state index in [1.165, 1.54) is 122 Å². The van der Waals surface area contributed by atoms with Gasteiger partial charge >= 0.3 is 11.9 Å². The van der Waals surface area contributed by atoms with E-state index in [0.717, 1.165) is 32.1 Å². The maximum absolute atomic E-state index is 11.2. The molecule has 0 fully saturated rings. The minimum atomic E-state index is -3.69. The summed E-state index contributed by atoms with van der Waals surface area (Å²) in [5.41, 5.74) is 0. The Labute approximate surface area is 261 Å². The Kier molecular flexibility index (Phi) is 21.0. The van der Waals surface area contributed by atoms with Crippen molar-refractivity contribution >= 4 is 11.9 Å². The Balaban J connectivity index is 3.67. The quantitative estimate of drug-likeness (QED) is 0.0460. The fourth-order valence-corrected chi connectivity index (χ4v) is 4.73. The van der Waals surface area contributed by atoms with Gasteiger partial charge in [0.15, 0.2) is 0 Å². The molecule has 0 spiro atoms. The summed E-state index contributed by atoms with van der Waals surface area (Å²) in [7, 11) is 0. The van der Waals surface area contributed by atoms with Gasteiger partial charge in [-0.05, 0) is 44.9 Å². The molecule has 0 heterocycles. The monoisotopic (exact) mass is 581 g/mol. The molecule has 0 saturated carbocycles. The normalized spacial score (nSPS) is 17.2. The molecule has 1 unspecified atom stereocenters. The van der Waals surface area contributed by atoms with Gasteiger partial charge in [0, 0.05) is 24.8 Å². The number of aliphatic carboxylic acids is 2. The number of carbonyl (C=O) groups is 2. The summed E-state index contributed by atoms with van der Waals surface area (Å²) in [5.74, 6) is -3.08. The van der Waals surface area contributed by atoms with Crippen molar-refractivity contribution in [3.63, 3.8) is 0 Å². The number of hydrogen-bond donors (Lipinski definition) is 2. The molecule has 0 amide bonds. The minimum Gasteiger partial charge on any atom is -0.481 e. The Morgan fingerprint density at radius 2 is 0.800 bits per heavy atom. The summed E-state index contributed by atoms with van der Waals surface area (Å²) in [6, 6.07) is 0. The highest BCUT2D eigenvalue weighted by Gasteiger charge is 1.97. The standard InChI is InChI=1S/C36H66O4/c37-35(38)33-31-29-27-25-23-21-19-17-15-13-11-9-7-5-3-1-2-4-6-8-10-12-14-16-18-20-22-24-26-28-30-32-34-36(39)40/h17,19,32,34H,1-16,18,20-31,33H2,(H,37,38)(H,39,40)/b19-17+,34-32?/i25T,27T2,29T2,31T2,33T2. The van der Waals surface area contributed by atoms with E-state index in [2.05, 4.69) is 0 Å². The lowest BCUT2D eigenvalue weighted by atomic mass is 10.0. The zero-order valence-electron chi connectivity index (χ0n) is 34.3. The SMILES string of the molecule is [3H]C(CC/C=C/CCCCCCCCCCCCCCCCCCCCCCCC=CC(=O)O)C([3H])([3H])C([3H])([3H])C([3H])([3H])C([3H])([3H])C(=O)O. The highest BCUT2D eigenvalue weighted by Crippen LogP contribution is 2.16. The fourth-order valence-electron chi connectivity index (χ4n) is 4.73. The van der Waals surface area contributed by atoms with Crippen molar-refractivity contribution < 1.29 is 32.1 Å². The second kappa shape index (κ2) is 33.6. The Hall–Kier alpha value is -1.58. The lowest BCUT2D eigenvalue weighted by Gasteiger charge is -2.04. The average Bonchev–Trinajstić information content (AvgIpc) is 3.03. The van der Waals surface area contributed by atoms with Crippen LogP contribution in [0.3, 0.4) is 0 Å². The van der Waals surface area contributed by atoms with Crippen LogP contribution >= 0.6 is 0 Å². The second-order valence-electron chi connectivity index (χ2n) is 10.8. The number of carboxylic acids is 2. The van der Waals surface area contributed by atoms with Crippen LogP contribution in [0.1, 0.15) is 205 Å². The molecule has 0 aromatic heterocycles. The van der Waals surface area contributed by atoms with E-state index in [9.17, 15) is 9.59 Å². The van der Waals surface area contributed by atoms with E-state index in [-0.39, 0.29) is 6.42 Å². The molecular weight excluding hydrogens is 496 g/mol. The lowest BCUT2D eigenvalue weighted by molar-refractivity contribution is -0.137. The third kappa shape index (κ3) is 36.4. The minimum absolute atomic E-state index is 0.1000. The topological polar surface area (TPSA) is 74.6 Å². The molecule has 0 aromatic rings. The van der Waals surface area contributed by atoms with E-state index in [1.54, 1.807) is 12.2 Å². The summed E-state index contributed by atoms with van der Waals surface area (Å²) >= 11 is 0. The van der Waals surface area contributed by atoms with Gasteiger partial charge in [-0.3, -0.25) is 4.79 Å². The van der Waals surface area contributed by atoms with Crippen molar-refractivity contribution in [2.75, 3.05) is 0 Å². The van der Waals surface area contributed by atoms with Crippen LogP contribution in [0.25, 0.3) is 0 Å². The predicted molar refractivity (Wildman–Crippen MR) is 172 cm³/mol. The van der Waals surface area contributed by atoms with Crippen molar-refractivity contribution in [1.82, 2.24) is 0 Å². The molecule has 0 aromatic carbocycles. The van der Waals surface area contributed by atoms with Crippen LogP contribution in [0.5, 0.6) is 0 Å². The maximum atomic E-state index is 11.2. The number of unbranched alkanes of at least 4 members (excludes halogenated alkanes) is 22. The van der Waals surface area contributed by atoms with Gasteiger partial charge in [0.2, 0.25) is 0 Å². The molecule has 0 rings (SSSR count). The highest BCUT2D eigenvalue weighted by atomic mass is 16.4. The van der Waals surface area contributed by atoms with Crippen molar-refractivity contribution in [3.8, 4) is 0 Å². The molecule has 1 atom stereocenters. The van der Waals surface area contributed by atoms with Crippen molar-refractivity contribution in [3.05, 3.63) is 24.3 Å². The fraction of sp³-hybridized carbons (Fsp3) is 0.833. The van der Waals surface area contributed by atoms with E-state index in [4.69, 9.17) is 22.5 Å². The number of rotatable bonds is 33. The summed E-state index contributed by atoms with van der Waals surface area (Å²) in [4.78, 5) is 21.6. The van der Waals surface area contributed by atoms with E-state index < -0.39 is 43.8 Å². The summed E-state index contributed by atoms with van der Waals surface area (Å²) < 4.78 is 70.4.